The third-order valence-electron chi connectivity index (χ3n) is 2.73. The lowest BCUT2D eigenvalue weighted by atomic mass is 10.2. The highest BCUT2D eigenvalue weighted by Crippen LogP contribution is 2.40. The van der Waals surface area contributed by atoms with Crippen LogP contribution in [0, 0.1) is 0 Å². The number of hydrogen-bond acceptors (Lipinski definition) is 5. The molecule has 0 bridgehead atoms. The Morgan fingerprint density at radius 1 is 0.952 bits per heavy atom. The van der Waals surface area contributed by atoms with Gasteiger partial charge in [-0.05, 0) is 23.0 Å². The summed E-state index contributed by atoms with van der Waals surface area (Å²) >= 11 is 5.00. The van der Waals surface area contributed by atoms with Crippen LogP contribution in [0.1, 0.15) is 0 Å². The fourth-order valence-corrected chi connectivity index (χ4v) is 5.29. The molecule has 2 aliphatic rings. The Hall–Kier alpha value is -1.17. The van der Waals surface area contributed by atoms with Crippen LogP contribution < -0.4 is 0 Å². The van der Waals surface area contributed by atoms with Crippen molar-refractivity contribution >= 4 is 46.9 Å². The van der Waals surface area contributed by atoms with Gasteiger partial charge in [-0.3, -0.25) is 9.59 Å². The van der Waals surface area contributed by atoms with E-state index in [-0.39, 0.29) is 20.7 Å². The van der Waals surface area contributed by atoms with Gasteiger partial charge in [0, 0.05) is 11.1 Å². The van der Waals surface area contributed by atoms with E-state index in [1.807, 2.05) is 35.1 Å². The minimum absolute atomic E-state index is 0.0513. The van der Waals surface area contributed by atoms with E-state index in [9.17, 15) is 9.59 Å². The van der Waals surface area contributed by atoms with E-state index >= 15 is 0 Å². The lowest BCUT2D eigenvalue weighted by molar-refractivity contribution is -0.111. The van der Waals surface area contributed by atoms with Crippen LogP contribution >= 0.6 is 35.3 Å². The second-order valence-corrected chi connectivity index (χ2v) is 8.06. The molecule has 0 aromatic rings. The van der Waals surface area contributed by atoms with Gasteiger partial charge < -0.3 is 0 Å². The molecule has 0 aliphatic carbocycles. The average Bonchev–Trinajstić information content (AvgIpc) is 2.55. The molecule has 5 heteroatoms. The summed E-state index contributed by atoms with van der Waals surface area (Å²) in [6.07, 6.45) is 10.4. The van der Waals surface area contributed by atoms with E-state index in [1.165, 1.54) is 12.2 Å². The number of ketones is 2. The molecular weight excluding hydrogens is 320 g/mol. The first kappa shape index (κ1) is 16.2. The predicted molar refractivity (Wildman–Crippen MR) is 95.2 cm³/mol. The average molecular weight is 334 g/mol. The Morgan fingerprint density at radius 3 is 1.67 bits per heavy atom. The number of hydrogen-bond donors (Lipinski definition) is 0. The third kappa shape index (κ3) is 4.40. The van der Waals surface area contributed by atoms with Crippen molar-refractivity contribution in [3.05, 3.63) is 71.6 Å². The summed E-state index contributed by atoms with van der Waals surface area (Å²) in [4.78, 5) is 22.9. The maximum Gasteiger partial charge on any atom is 0.185 e. The Morgan fingerprint density at radius 2 is 1.38 bits per heavy atom. The topological polar surface area (TPSA) is 34.1 Å². The molecule has 0 saturated heterocycles. The quantitative estimate of drug-likeness (QED) is 0.678. The normalized spacial score (nSPS) is 24.0. The summed E-state index contributed by atoms with van der Waals surface area (Å²) in [5.41, 5.74) is 1.36. The van der Waals surface area contributed by atoms with Gasteiger partial charge in [-0.15, -0.1) is 35.3 Å². The van der Waals surface area contributed by atoms with Crippen molar-refractivity contribution in [3.63, 3.8) is 0 Å². The number of rotatable bonds is 6. The minimum Gasteiger partial charge on any atom is -0.289 e. The first-order chi connectivity index (χ1) is 10.1. The van der Waals surface area contributed by atoms with Crippen LogP contribution in [0.25, 0.3) is 0 Å². The molecule has 2 unspecified atom stereocenters. The minimum atomic E-state index is -0.0513. The molecule has 0 aromatic heterocycles. The van der Waals surface area contributed by atoms with Crippen molar-refractivity contribution in [1.29, 1.82) is 0 Å². The van der Waals surface area contributed by atoms with Crippen molar-refractivity contribution in [2.75, 3.05) is 0 Å². The molecule has 0 N–H and O–H groups in total. The van der Waals surface area contributed by atoms with Gasteiger partial charge in [0.1, 0.15) is 0 Å². The molecule has 0 aromatic carbocycles. The van der Waals surface area contributed by atoms with Gasteiger partial charge in [-0.1, -0.05) is 37.5 Å². The highest BCUT2D eigenvalue weighted by Gasteiger charge is 2.19. The summed E-state index contributed by atoms with van der Waals surface area (Å²) in [5.74, 6) is -0.103. The van der Waals surface area contributed by atoms with E-state index < -0.39 is 0 Å². The molecule has 21 heavy (non-hydrogen) atoms. The lowest BCUT2D eigenvalue weighted by Crippen LogP contribution is -2.07. The zero-order chi connectivity index (χ0) is 15.2. The molecule has 2 heterocycles. The summed E-state index contributed by atoms with van der Waals surface area (Å²) in [6.45, 7) is 6.97. The van der Waals surface area contributed by atoms with Crippen LogP contribution in [-0.2, 0) is 9.59 Å². The van der Waals surface area contributed by atoms with Crippen molar-refractivity contribution in [1.82, 2.24) is 0 Å². The van der Waals surface area contributed by atoms with Crippen molar-refractivity contribution in [2.24, 2.45) is 0 Å². The molecule has 0 radical (unpaired) electrons. The summed E-state index contributed by atoms with van der Waals surface area (Å²) in [5, 5.41) is 3.75. The zero-order valence-corrected chi connectivity index (χ0v) is 13.7. The van der Waals surface area contributed by atoms with E-state index in [2.05, 4.69) is 13.2 Å². The molecule has 0 fully saturated rings. The first-order valence-corrected chi connectivity index (χ1v) is 9.03. The van der Waals surface area contributed by atoms with Crippen molar-refractivity contribution < 1.29 is 9.59 Å². The van der Waals surface area contributed by atoms with E-state index in [0.717, 1.165) is 0 Å². The van der Waals surface area contributed by atoms with Gasteiger partial charge >= 0.3 is 0 Å². The van der Waals surface area contributed by atoms with E-state index in [1.54, 1.807) is 35.3 Å². The molecule has 0 spiro atoms. The molecule has 108 valence electrons. The summed E-state index contributed by atoms with van der Waals surface area (Å²) in [6, 6.07) is 0. The van der Waals surface area contributed by atoms with Gasteiger partial charge in [-0.25, -0.2) is 0 Å². The Balaban J connectivity index is 1.87. The maximum absolute atomic E-state index is 11.5. The maximum atomic E-state index is 11.5. The predicted octanol–water partition coefficient (Wildman–Crippen LogP) is 4.26. The van der Waals surface area contributed by atoms with E-state index in [4.69, 9.17) is 0 Å². The highest BCUT2D eigenvalue weighted by atomic mass is 32.2. The molecule has 2 nitrogen and oxygen atoms in total. The fraction of sp³-hybridized carbons (Fsp3) is 0.125. The fourth-order valence-electron chi connectivity index (χ4n) is 1.62. The molecule has 0 saturated carbocycles. The van der Waals surface area contributed by atoms with Crippen LogP contribution in [0.5, 0.6) is 0 Å². The van der Waals surface area contributed by atoms with Gasteiger partial charge in [0.15, 0.2) is 11.6 Å². The monoisotopic (exact) mass is 334 g/mol. The van der Waals surface area contributed by atoms with Gasteiger partial charge in [0.2, 0.25) is 0 Å². The second-order valence-electron chi connectivity index (χ2n) is 4.15. The Labute approximate surface area is 137 Å². The Kier molecular flexibility index (Phi) is 5.96. The van der Waals surface area contributed by atoms with Gasteiger partial charge in [-0.2, -0.15) is 0 Å². The van der Waals surface area contributed by atoms with Crippen LogP contribution in [0.4, 0.5) is 0 Å². The largest absolute Gasteiger partial charge is 0.289 e. The third-order valence-corrected chi connectivity index (χ3v) is 6.55. The summed E-state index contributed by atoms with van der Waals surface area (Å²) in [7, 11) is 0. The molecule has 2 atom stereocenters. The molecule has 0 amide bonds. The summed E-state index contributed by atoms with van der Waals surface area (Å²) < 4.78 is 0.525. The van der Waals surface area contributed by atoms with Crippen molar-refractivity contribution in [3.8, 4) is 0 Å². The second kappa shape index (κ2) is 7.73. The molecule has 2 aliphatic heterocycles. The van der Waals surface area contributed by atoms with Crippen molar-refractivity contribution in [2.45, 2.75) is 9.16 Å². The highest BCUT2D eigenvalue weighted by molar-refractivity contribution is 8.25. The number of allylic oxidation sites excluding steroid dienone is 6. The van der Waals surface area contributed by atoms with Crippen LogP contribution in [0.2, 0.25) is 0 Å². The standard InChI is InChI=1S/C16H14O2S3/c1-3-13(17)11-5-7-15(19-9-11)21-16-8-6-12(10-20-16)14(18)4-2/h3-10,15-16H,1-2H2. The SMILES string of the molecule is C=CC(=O)C1=CSC(SC2C=CC(C(=O)C=C)=CS2)C=C1. The smallest absolute Gasteiger partial charge is 0.185 e. The van der Waals surface area contributed by atoms with E-state index in [0.29, 0.717) is 11.1 Å². The van der Waals surface area contributed by atoms with Gasteiger partial charge in [0.25, 0.3) is 0 Å². The number of carbonyl (C=O) groups is 2. The van der Waals surface area contributed by atoms with Crippen LogP contribution in [0.3, 0.4) is 0 Å². The first-order valence-electron chi connectivity index (χ1n) is 6.20. The zero-order valence-electron chi connectivity index (χ0n) is 11.2. The van der Waals surface area contributed by atoms with Crippen LogP contribution in [0.15, 0.2) is 71.6 Å². The van der Waals surface area contributed by atoms with Gasteiger partial charge in [0.05, 0.1) is 9.16 Å². The molecular formula is C16H14O2S3. The number of thioether (sulfide) groups is 3. The lowest BCUT2D eigenvalue weighted by Gasteiger charge is -2.20. The molecule has 2 rings (SSSR count). The Bertz CT molecular complexity index is 545. The number of carbonyl (C=O) groups excluding carboxylic acids is 2. The van der Waals surface area contributed by atoms with Crippen LogP contribution in [-0.4, -0.2) is 20.7 Å².